The fourth-order valence-electron chi connectivity index (χ4n) is 3.16. The predicted molar refractivity (Wildman–Crippen MR) is 103 cm³/mol. The van der Waals surface area contributed by atoms with Crippen LogP contribution in [0, 0.1) is 0 Å². The molecule has 0 atom stereocenters. The van der Waals surface area contributed by atoms with Crippen LogP contribution in [0.25, 0.3) is 0 Å². The van der Waals surface area contributed by atoms with E-state index in [1.54, 1.807) is 31.4 Å². The molecule has 2 aromatic rings. The Morgan fingerprint density at radius 3 is 2.65 bits per heavy atom. The maximum atomic E-state index is 12.6. The highest BCUT2D eigenvalue weighted by atomic mass is 35.5. The molecule has 138 valence electrons. The second-order valence-corrected chi connectivity index (χ2v) is 6.86. The molecule has 1 aromatic heterocycles. The molecule has 26 heavy (non-hydrogen) atoms. The Bertz CT molecular complexity index is 761. The van der Waals surface area contributed by atoms with Crippen molar-refractivity contribution in [2.75, 3.05) is 17.7 Å². The van der Waals surface area contributed by atoms with Gasteiger partial charge in [-0.3, -0.25) is 4.79 Å². The van der Waals surface area contributed by atoms with Crippen LogP contribution in [0.4, 0.5) is 11.5 Å². The Morgan fingerprint density at radius 1 is 1.15 bits per heavy atom. The highest BCUT2D eigenvalue weighted by Crippen LogP contribution is 2.28. The molecule has 3 rings (SSSR count). The fraction of sp³-hybridized carbons (Fsp3) is 0.421. The summed E-state index contributed by atoms with van der Waals surface area (Å²) in [5, 5.41) is 6.74. The van der Waals surface area contributed by atoms with E-state index in [1.807, 2.05) is 0 Å². The molecule has 2 N–H and O–H groups in total. The molecule has 0 bridgehead atoms. The molecular formula is C19H23ClN4O2. The van der Waals surface area contributed by atoms with E-state index in [1.165, 1.54) is 32.0 Å². The van der Waals surface area contributed by atoms with Crippen molar-refractivity contribution >= 4 is 29.0 Å². The van der Waals surface area contributed by atoms with Gasteiger partial charge in [-0.1, -0.05) is 37.3 Å². The number of halogens is 1. The lowest BCUT2D eigenvalue weighted by atomic mass is 10.1. The van der Waals surface area contributed by atoms with Gasteiger partial charge in [-0.25, -0.2) is 9.97 Å². The van der Waals surface area contributed by atoms with Gasteiger partial charge >= 0.3 is 0 Å². The zero-order valence-electron chi connectivity index (χ0n) is 14.8. The Kier molecular flexibility index (Phi) is 6.28. The van der Waals surface area contributed by atoms with E-state index < -0.39 is 0 Å². The number of anilines is 2. The van der Waals surface area contributed by atoms with Crippen LogP contribution in [0.3, 0.4) is 0 Å². The lowest BCUT2D eigenvalue weighted by molar-refractivity contribution is 0.102. The molecule has 0 aliphatic heterocycles. The number of ether oxygens (including phenoxy) is 1. The SMILES string of the molecule is COc1ccc(Cl)cc1NC(=O)c1cc(NC2CCCCCC2)ncn1. The third-order valence-electron chi connectivity index (χ3n) is 4.52. The first kappa shape index (κ1) is 18.5. The summed E-state index contributed by atoms with van der Waals surface area (Å²) in [7, 11) is 1.54. The highest BCUT2D eigenvalue weighted by Gasteiger charge is 2.15. The van der Waals surface area contributed by atoms with Crippen molar-refractivity contribution in [3.63, 3.8) is 0 Å². The number of hydrogen-bond acceptors (Lipinski definition) is 5. The lowest BCUT2D eigenvalue weighted by Gasteiger charge is -2.17. The number of methoxy groups -OCH3 is 1. The van der Waals surface area contributed by atoms with Crippen LogP contribution < -0.4 is 15.4 Å². The first-order valence-corrected chi connectivity index (χ1v) is 9.27. The maximum Gasteiger partial charge on any atom is 0.274 e. The molecule has 0 spiro atoms. The van der Waals surface area contributed by atoms with Crippen molar-refractivity contribution < 1.29 is 9.53 Å². The number of rotatable bonds is 5. The average Bonchev–Trinajstić information content (AvgIpc) is 2.91. The van der Waals surface area contributed by atoms with Crippen molar-refractivity contribution in [3.8, 4) is 5.75 Å². The van der Waals surface area contributed by atoms with Crippen LogP contribution in [-0.4, -0.2) is 29.0 Å². The standard InChI is InChI=1S/C19H23ClN4O2/c1-26-17-9-8-13(20)10-15(17)24-19(25)16-11-18(22-12-21-16)23-14-6-4-2-3-5-7-14/h8-12,14H,2-7H2,1H3,(H,24,25)(H,21,22,23). The number of nitrogens with zero attached hydrogens (tertiary/aromatic N) is 2. The molecule has 1 fully saturated rings. The van der Waals surface area contributed by atoms with Gasteiger partial charge < -0.3 is 15.4 Å². The summed E-state index contributed by atoms with van der Waals surface area (Å²) >= 11 is 6.01. The Balaban J connectivity index is 1.71. The van der Waals surface area contributed by atoms with E-state index in [9.17, 15) is 4.79 Å². The van der Waals surface area contributed by atoms with E-state index in [0.29, 0.717) is 28.3 Å². The van der Waals surface area contributed by atoms with Gasteiger partial charge in [0.15, 0.2) is 0 Å². The first-order chi connectivity index (χ1) is 12.7. The van der Waals surface area contributed by atoms with Crippen LogP contribution in [0.2, 0.25) is 5.02 Å². The van der Waals surface area contributed by atoms with Crippen LogP contribution in [-0.2, 0) is 0 Å². The number of carbonyl (C=O) groups excluding carboxylic acids is 1. The van der Waals surface area contributed by atoms with Gasteiger partial charge in [-0.2, -0.15) is 0 Å². The molecule has 6 nitrogen and oxygen atoms in total. The third-order valence-corrected chi connectivity index (χ3v) is 4.75. The molecule has 1 amide bonds. The zero-order chi connectivity index (χ0) is 18.4. The van der Waals surface area contributed by atoms with Gasteiger partial charge in [0.2, 0.25) is 0 Å². The van der Waals surface area contributed by atoms with Crippen LogP contribution in [0.5, 0.6) is 5.75 Å². The van der Waals surface area contributed by atoms with Crippen molar-refractivity contribution in [3.05, 3.63) is 41.3 Å². The van der Waals surface area contributed by atoms with Crippen LogP contribution >= 0.6 is 11.6 Å². The highest BCUT2D eigenvalue weighted by molar-refractivity contribution is 6.31. The Labute approximate surface area is 158 Å². The van der Waals surface area contributed by atoms with Crippen molar-refractivity contribution in [2.24, 2.45) is 0 Å². The van der Waals surface area contributed by atoms with E-state index >= 15 is 0 Å². The van der Waals surface area contributed by atoms with Crippen molar-refractivity contribution in [1.82, 2.24) is 9.97 Å². The van der Waals surface area contributed by atoms with Gasteiger partial charge in [0, 0.05) is 17.1 Å². The van der Waals surface area contributed by atoms with E-state index in [-0.39, 0.29) is 11.6 Å². The molecule has 1 aliphatic rings. The Morgan fingerprint density at radius 2 is 1.92 bits per heavy atom. The monoisotopic (exact) mass is 374 g/mol. The quantitative estimate of drug-likeness (QED) is 0.752. The molecule has 0 unspecified atom stereocenters. The van der Waals surface area contributed by atoms with E-state index in [2.05, 4.69) is 20.6 Å². The zero-order valence-corrected chi connectivity index (χ0v) is 15.6. The third kappa shape index (κ3) is 4.85. The minimum atomic E-state index is -0.336. The molecule has 1 saturated carbocycles. The van der Waals surface area contributed by atoms with Gasteiger partial charge in [0.1, 0.15) is 23.6 Å². The predicted octanol–water partition coefficient (Wildman–Crippen LogP) is 4.53. The average molecular weight is 375 g/mol. The second kappa shape index (κ2) is 8.85. The number of carbonyl (C=O) groups is 1. The number of amides is 1. The Hall–Kier alpha value is -2.34. The minimum Gasteiger partial charge on any atom is -0.495 e. The van der Waals surface area contributed by atoms with Crippen LogP contribution in [0.1, 0.15) is 49.0 Å². The number of nitrogens with one attached hydrogen (secondary N) is 2. The van der Waals surface area contributed by atoms with Gasteiger partial charge in [-0.05, 0) is 31.0 Å². The smallest absolute Gasteiger partial charge is 0.274 e. The largest absolute Gasteiger partial charge is 0.495 e. The van der Waals surface area contributed by atoms with Gasteiger partial charge in [0.05, 0.1) is 12.8 Å². The fourth-order valence-corrected chi connectivity index (χ4v) is 3.33. The van der Waals surface area contributed by atoms with E-state index in [0.717, 1.165) is 12.8 Å². The summed E-state index contributed by atoms with van der Waals surface area (Å²) in [4.78, 5) is 20.9. The second-order valence-electron chi connectivity index (χ2n) is 6.42. The molecule has 0 radical (unpaired) electrons. The molecular weight excluding hydrogens is 352 g/mol. The van der Waals surface area contributed by atoms with Crippen molar-refractivity contribution in [1.29, 1.82) is 0 Å². The number of benzene rings is 1. The maximum absolute atomic E-state index is 12.6. The van der Waals surface area contributed by atoms with Crippen LogP contribution in [0.15, 0.2) is 30.6 Å². The molecule has 1 aromatic carbocycles. The summed E-state index contributed by atoms with van der Waals surface area (Å²) in [5.41, 5.74) is 0.792. The molecule has 1 heterocycles. The van der Waals surface area contributed by atoms with Gasteiger partial charge in [0.25, 0.3) is 5.91 Å². The summed E-state index contributed by atoms with van der Waals surface area (Å²) in [6.07, 6.45) is 8.70. The van der Waals surface area contributed by atoms with Crippen molar-refractivity contribution in [2.45, 2.75) is 44.6 Å². The first-order valence-electron chi connectivity index (χ1n) is 8.89. The summed E-state index contributed by atoms with van der Waals surface area (Å²) in [6.45, 7) is 0. The summed E-state index contributed by atoms with van der Waals surface area (Å²) < 4.78 is 5.25. The normalized spacial score (nSPS) is 15.2. The lowest BCUT2D eigenvalue weighted by Crippen LogP contribution is -2.20. The summed E-state index contributed by atoms with van der Waals surface area (Å²) in [5.74, 6) is 0.876. The topological polar surface area (TPSA) is 76.1 Å². The summed E-state index contributed by atoms with van der Waals surface area (Å²) in [6, 6.07) is 7.13. The van der Waals surface area contributed by atoms with Gasteiger partial charge in [-0.15, -0.1) is 0 Å². The number of hydrogen-bond donors (Lipinski definition) is 2. The molecule has 7 heteroatoms. The number of aromatic nitrogens is 2. The van der Waals surface area contributed by atoms with E-state index in [4.69, 9.17) is 16.3 Å². The molecule has 1 aliphatic carbocycles. The minimum absolute atomic E-state index is 0.290. The molecule has 0 saturated heterocycles.